The zero-order chi connectivity index (χ0) is 24.9. The summed E-state index contributed by atoms with van der Waals surface area (Å²) >= 11 is 5.88. The molecule has 8 heteroatoms. The van der Waals surface area contributed by atoms with Crippen molar-refractivity contribution < 1.29 is 23.7 Å². The summed E-state index contributed by atoms with van der Waals surface area (Å²) < 4.78 is 22.0. The highest BCUT2D eigenvalue weighted by Gasteiger charge is 2.33. The second kappa shape index (κ2) is 10.2. The van der Waals surface area contributed by atoms with Gasteiger partial charge in [-0.25, -0.2) is 4.79 Å². The molecule has 0 bridgehead atoms. The Kier molecular flexibility index (Phi) is 6.95. The predicted molar refractivity (Wildman–Crippen MR) is 131 cm³/mol. The van der Waals surface area contributed by atoms with Crippen LogP contribution in [-0.2, 0) is 4.79 Å². The lowest BCUT2D eigenvalue weighted by Crippen LogP contribution is -2.21. The molecule has 3 aromatic rings. The van der Waals surface area contributed by atoms with Crippen molar-refractivity contribution >= 4 is 23.6 Å². The number of fused-ring (bicyclic) bond motifs is 1. The molecular formula is C27H21ClN2O5. The highest BCUT2D eigenvalue weighted by Crippen LogP contribution is 2.46. The average Bonchev–Trinajstić information content (AvgIpc) is 2.87. The Labute approximate surface area is 207 Å². The lowest BCUT2D eigenvalue weighted by molar-refractivity contribution is -0.128. The van der Waals surface area contributed by atoms with Gasteiger partial charge in [0.2, 0.25) is 5.88 Å². The standard InChI is InChI=1S/C27H21ClN2O5/c1-32-18-8-10-20(23(13-18)33-2)26-21-11-9-19(14-24(21)35-27(30)22(26)15-29)34-25(31)12-5-16-3-6-17(28)7-4-16/h3-14,26H,30H2,1-2H3/b12-5+. The maximum Gasteiger partial charge on any atom is 0.336 e. The molecule has 0 saturated heterocycles. The SMILES string of the molecule is COc1ccc(C2C(C#N)=C(N)Oc3cc(OC(=O)/C=C/c4ccc(Cl)cc4)ccc32)c(OC)c1. The Balaban J connectivity index is 1.64. The third kappa shape index (κ3) is 5.08. The molecule has 1 aliphatic rings. The third-order valence-electron chi connectivity index (χ3n) is 5.44. The third-order valence-corrected chi connectivity index (χ3v) is 5.69. The number of halogens is 1. The molecule has 0 fully saturated rings. The number of hydrogen-bond donors (Lipinski definition) is 1. The van der Waals surface area contributed by atoms with E-state index in [9.17, 15) is 10.1 Å². The molecule has 0 radical (unpaired) electrons. The number of rotatable bonds is 6. The van der Waals surface area contributed by atoms with E-state index < -0.39 is 11.9 Å². The van der Waals surface area contributed by atoms with E-state index in [1.165, 1.54) is 13.2 Å². The van der Waals surface area contributed by atoms with Crippen LogP contribution in [0.15, 0.2) is 78.2 Å². The predicted octanol–water partition coefficient (Wildman–Crippen LogP) is 5.19. The van der Waals surface area contributed by atoms with Crippen molar-refractivity contribution in [1.82, 2.24) is 0 Å². The van der Waals surface area contributed by atoms with Crippen LogP contribution in [0.25, 0.3) is 6.08 Å². The molecule has 1 atom stereocenters. The van der Waals surface area contributed by atoms with Gasteiger partial charge in [-0.3, -0.25) is 0 Å². The summed E-state index contributed by atoms with van der Waals surface area (Å²) in [5.41, 5.74) is 8.54. The number of ether oxygens (including phenoxy) is 4. The largest absolute Gasteiger partial charge is 0.497 e. The summed E-state index contributed by atoms with van der Waals surface area (Å²) in [6, 6.07) is 19.4. The van der Waals surface area contributed by atoms with E-state index in [2.05, 4.69) is 6.07 Å². The first-order valence-electron chi connectivity index (χ1n) is 10.5. The van der Waals surface area contributed by atoms with E-state index >= 15 is 0 Å². The Morgan fingerprint density at radius 3 is 2.43 bits per heavy atom. The van der Waals surface area contributed by atoms with Gasteiger partial charge in [0.15, 0.2) is 0 Å². The van der Waals surface area contributed by atoms with Crippen LogP contribution < -0.4 is 24.7 Å². The lowest BCUT2D eigenvalue weighted by Gasteiger charge is -2.27. The molecule has 0 saturated carbocycles. The molecule has 7 nitrogen and oxygen atoms in total. The number of nitrogens with zero attached hydrogens (tertiary/aromatic N) is 1. The zero-order valence-corrected chi connectivity index (χ0v) is 19.7. The Hall–Kier alpha value is -4.41. The van der Waals surface area contributed by atoms with Crippen LogP contribution in [0.4, 0.5) is 0 Å². The van der Waals surface area contributed by atoms with Crippen molar-refractivity contribution in [3.05, 3.63) is 99.9 Å². The van der Waals surface area contributed by atoms with Crippen molar-refractivity contribution in [2.24, 2.45) is 5.73 Å². The molecule has 2 N–H and O–H groups in total. The number of carbonyl (C=O) groups excluding carboxylic acids is 1. The van der Waals surface area contributed by atoms with E-state index in [0.717, 1.165) is 5.56 Å². The first kappa shape index (κ1) is 23.7. The van der Waals surface area contributed by atoms with Gasteiger partial charge < -0.3 is 24.7 Å². The maximum absolute atomic E-state index is 12.3. The molecule has 1 unspecified atom stereocenters. The molecule has 0 spiro atoms. The van der Waals surface area contributed by atoms with Gasteiger partial charge in [-0.2, -0.15) is 5.26 Å². The van der Waals surface area contributed by atoms with E-state index in [-0.39, 0.29) is 17.2 Å². The van der Waals surface area contributed by atoms with Crippen LogP contribution in [0.1, 0.15) is 22.6 Å². The number of benzene rings is 3. The van der Waals surface area contributed by atoms with Gasteiger partial charge in [0.05, 0.1) is 20.1 Å². The van der Waals surface area contributed by atoms with E-state index in [4.69, 9.17) is 36.3 Å². The van der Waals surface area contributed by atoms with Crippen molar-refractivity contribution in [2.75, 3.05) is 14.2 Å². The minimum Gasteiger partial charge on any atom is -0.497 e. The van der Waals surface area contributed by atoms with Gasteiger partial charge in [-0.05, 0) is 35.9 Å². The van der Waals surface area contributed by atoms with E-state index in [1.54, 1.807) is 67.8 Å². The zero-order valence-electron chi connectivity index (χ0n) is 18.9. The summed E-state index contributed by atoms with van der Waals surface area (Å²) in [6.45, 7) is 0. The van der Waals surface area contributed by atoms with Crippen molar-refractivity contribution in [3.8, 4) is 29.1 Å². The Bertz CT molecular complexity index is 1370. The number of esters is 1. The van der Waals surface area contributed by atoms with E-state index in [0.29, 0.717) is 33.4 Å². The van der Waals surface area contributed by atoms with Gasteiger partial charge in [-0.1, -0.05) is 35.9 Å². The highest BCUT2D eigenvalue weighted by molar-refractivity contribution is 6.30. The van der Waals surface area contributed by atoms with Gasteiger partial charge in [0, 0.05) is 34.4 Å². The molecular weight excluding hydrogens is 468 g/mol. The summed E-state index contributed by atoms with van der Waals surface area (Å²) in [5.74, 6) is 0.644. The lowest BCUT2D eigenvalue weighted by atomic mass is 9.83. The molecule has 1 heterocycles. The fraction of sp³-hybridized carbons (Fsp3) is 0.111. The minimum atomic E-state index is -0.565. The summed E-state index contributed by atoms with van der Waals surface area (Å²) in [4.78, 5) is 12.3. The van der Waals surface area contributed by atoms with Gasteiger partial charge in [0.1, 0.15) is 34.6 Å². The smallest absolute Gasteiger partial charge is 0.336 e. The molecule has 0 aromatic heterocycles. The fourth-order valence-electron chi connectivity index (χ4n) is 3.76. The van der Waals surface area contributed by atoms with Crippen LogP contribution >= 0.6 is 11.6 Å². The number of carbonyl (C=O) groups is 1. The fourth-order valence-corrected chi connectivity index (χ4v) is 3.89. The van der Waals surface area contributed by atoms with Gasteiger partial charge in [0.25, 0.3) is 0 Å². The van der Waals surface area contributed by atoms with Gasteiger partial charge in [-0.15, -0.1) is 0 Å². The summed E-state index contributed by atoms with van der Waals surface area (Å²) in [7, 11) is 3.10. The molecule has 3 aromatic carbocycles. The highest BCUT2D eigenvalue weighted by atomic mass is 35.5. The van der Waals surface area contributed by atoms with Crippen LogP contribution in [0, 0.1) is 11.3 Å². The van der Waals surface area contributed by atoms with Crippen molar-refractivity contribution in [1.29, 1.82) is 5.26 Å². The molecule has 35 heavy (non-hydrogen) atoms. The van der Waals surface area contributed by atoms with Crippen molar-refractivity contribution in [3.63, 3.8) is 0 Å². The molecule has 176 valence electrons. The normalized spacial score (nSPS) is 14.6. The minimum absolute atomic E-state index is 0.0334. The summed E-state index contributed by atoms with van der Waals surface area (Å²) in [6.07, 6.45) is 2.94. The monoisotopic (exact) mass is 488 g/mol. The number of allylic oxidation sites excluding steroid dienone is 1. The number of hydrogen-bond acceptors (Lipinski definition) is 7. The Morgan fingerprint density at radius 2 is 1.74 bits per heavy atom. The number of nitrogens with two attached hydrogens (primary N) is 1. The topological polar surface area (TPSA) is 104 Å². The van der Waals surface area contributed by atoms with E-state index in [1.807, 2.05) is 6.07 Å². The number of nitriles is 1. The Morgan fingerprint density at radius 1 is 1.03 bits per heavy atom. The first-order valence-corrected chi connectivity index (χ1v) is 10.9. The average molecular weight is 489 g/mol. The van der Waals surface area contributed by atoms with Crippen LogP contribution in [0.3, 0.4) is 0 Å². The second-order valence-corrected chi connectivity index (χ2v) is 7.97. The summed E-state index contributed by atoms with van der Waals surface area (Å²) in [5, 5.41) is 10.4. The van der Waals surface area contributed by atoms with Gasteiger partial charge >= 0.3 is 5.97 Å². The molecule has 4 rings (SSSR count). The second-order valence-electron chi connectivity index (χ2n) is 7.54. The van der Waals surface area contributed by atoms with Crippen LogP contribution in [0.2, 0.25) is 5.02 Å². The quantitative estimate of drug-likeness (QED) is 0.289. The molecule has 0 amide bonds. The molecule has 0 aliphatic carbocycles. The van der Waals surface area contributed by atoms with Crippen LogP contribution in [-0.4, -0.2) is 20.2 Å². The first-order chi connectivity index (χ1) is 16.9. The van der Waals surface area contributed by atoms with Crippen molar-refractivity contribution in [2.45, 2.75) is 5.92 Å². The molecule has 1 aliphatic heterocycles. The van der Waals surface area contributed by atoms with Crippen LogP contribution in [0.5, 0.6) is 23.0 Å². The maximum atomic E-state index is 12.3. The number of methoxy groups -OCH3 is 2.